The highest BCUT2D eigenvalue weighted by Gasteiger charge is 2.34. The van der Waals surface area contributed by atoms with Crippen molar-refractivity contribution in [1.29, 1.82) is 0 Å². The van der Waals surface area contributed by atoms with Gasteiger partial charge in [-0.05, 0) is 27.0 Å². The quantitative estimate of drug-likeness (QED) is 0.508. The van der Waals surface area contributed by atoms with Crippen molar-refractivity contribution < 1.29 is 14.7 Å². The number of nitrogens with two attached hydrogens (primary N) is 2. The van der Waals surface area contributed by atoms with E-state index in [-0.39, 0.29) is 27.7 Å². The standard InChI is InChI=1S/C12H17ClN6O3S/c1-12(2,3)19(10(23-4)18-11(21)22)9(20)5-7(14)17-8(15)6(13)16-5/h1-4H3,(H,21,22)(H4,14,15,17). The van der Waals surface area contributed by atoms with E-state index in [1.165, 1.54) is 4.90 Å². The van der Waals surface area contributed by atoms with E-state index in [4.69, 9.17) is 28.2 Å². The Morgan fingerprint density at radius 1 is 1.26 bits per heavy atom. The van der Waals surface area contributed by atoms with Crippen LogP contribution < -0.4 is 11.5 Å². The molecule has 5 N–H and O–H groups in total. The van der Waals surface area contributed by atoms with E-state index in [1.54, 1.807) is 27.0 Å². The molecular weight excluding hydrogens is 344 g/mol. The third kappa shape index (κ3) is 4.45. The van der Waals surface area contributed by atoms with E-state index in [2.05, 4.69) is 15.0 Å². The van der Waals surface area contributed by atoms with Crippen molar-refractivity contribution in [2.24, 2.45) is 4.99 Å². The van der Waals surface area contributed by atoms with Crippen molar-refractivity contribution in [3.05, 3.63) is 10.8 Å². The molecule has 0 saturated carbocycles. The van der Waals surface area contributed by atoms with Crippen LogP contribution in [0.25, 0.3) is 0 Å². The van der Waals surface area contributed by atoms with Crippen LogP contribution in [0.2, 0.25) is 5.15 Å². The van der Waals surface area contributed by atoms with E-state index in [0.29, 0.717) is 0 Å². The normalized spacial score (nSPS) is 12.1. The van der Waals surface area contributed by atoms with Gasteiger partial charge >= 0.3 is 6.09 Å². The van der Waals surface area contributed by atoms with Crippen molar-refractivity contribution in [1.82, 2.24) is 14.9 Å². The third-order valence-corrected chi connectivity index (χ3v) is 3.46. The number of amides is 2. The summed E-state index contributed by atoms with van der Waals surface area (Å²) in [4.78, 5) is 35.9. The molecule has 1 aromatic rings. The van der Waals surface area contributed by atoms with Crippen molar-refractivity contribution >= 4 is 52.2 Å². The Kier molecular flexibility index (Phi) is 5.78. The summed E-state index contributed by atoms with van der Waals surface area (Å²) in [6.07, 6.45) is 0.171. The Balaban J connectivity index is 3.48. The largest absolute Gasteiger partial charge is 0.463 e. The Hall–Kier alpha value is -2.07. The summed E-state index contributed by atoms with van der Waals surface area (Å²) in [5, 5.41) is 8.69. The molecule has 23 heavy (non-hydrogen) atoms. The second-order valence-electron chi connectivity index (χ2n) is 5.33. The van der Waals surface area contributed by atoms with Crippen LogP contribution in [0.15, 0.2) is 4.99 Å². The topological polar surface area (TPSA) is 148 Å². The first-order valence-electron chi connectivity index (χ1n) is 6.27. The molecule has 1 rings (SSSR count). The summed E-state index contributed by atoms with van der Waals surface area (Å²) in [6, 6.07) is 0. The maximum absolute atomic E-state index is 12.8. The number of aliphatic imine (C=N–C) groups is 1. The van der Waals surface area contributed by atoms with Crippen molar-refractivity contribution in [3.63, 3.8) is 0 Å². The summed E-state index contributed by atoms with van der Waals surface area (Å²) >= 11 is 6.79. The van der Waals surface area contributed by atoms with Gasteiger partial charge in [0, 0.05) is 5.54 Å². The molecule has 0 fully saturated rings. The number of rotatable bonds is 1. The second-order valence-corrected chi connectivity index (χ2v) is 6.46. The summed E-state index contributed by atoms with van der Waals surface area (Å²) in [6.45, 7) is 5.13. The van der Waals surface area contributed by atoms with E-state index in [0.717, 1.165) is 11.8 Å². The molecule has 0 aliphatic rings. The van der Waals surface area contributed by atoms with Gasteiger partial charge in [-0.3, -0.25) is 9.69 Å². The first-order valence-corrected chi connectivity index (χ1v) is 7.88. The number of thioether (sulfide) groups is 1. The van der Waals surface area contributed by atoms with Crippen LogP contribution in [0.5, 0.6) is 0 Å². The van der Waals surface area contributed by atoms with Gasteiger partial charge in [0.1, 0.15) is 0 Å². The zero-order chi connectivity index (χ0) is 17.9. The van der Waals surface area contributed by atoms with E-state index in [9.17, 15) is 9.59 Å². The van der Waals surface area contributed by atoms with Crippen LogP contribution in [-0.2, 0) is 0 Å². The lowest BCUT2D eigenvalue weighted by atomic mass is 10.1. The highest BCUT2D eigenvalue weighted by atomic mass is 35.5. The molecule has 2 amide bonds. The minimum atomic E-state index is -1.43. The van der Waals surface area contributed by atoms with E-state index < -0.39 is 17.5 Å². The van der Waals surface area contributed by atoms with Crippen molar-refractivity contribution in [2.45, 2.75) is 26.3 Å². The lowest BCUT2D eigenvalue weighted by Gasteiger charge is -2.35. The first kappa shape index (κ1) is 19.0. The zero-order valence-electron chi connectivity index (χ0n) is 13.0. The van der Waals surface area contributed by atoms with Crippen LogP contribution in [-0.4, -0.2) is 48.9 Å². The average molecular weight is 361 g/mol. The fourth-order valence-electron chi connectivity index (χ4n) is 1.65. The molecule has 0 unspecified atom stereocenters. The number of halogens is 1. The van der Waals surface area contributed by atoms with Crippen LogP contribution in [0, 0.1) is 0 Å². The summed E-state index contributed by atoms with van der Waals surface area (Å²) < 4.78 is 0. The van der Waals surface area contributed by atoms with Gasteiger partial charge in [-0.2, -0.15) is 4.99 Å². The van der Waals surface area contributed by atoms with Crippen LogP contribution >= 0.6 is 23.4 Å². The summed E-state index contributed by atoms with van der Waals surface area (Å²) in [5.41, 5.74) is 10.2. The Morgan fingerprint density at radius 3 is 2.26 bits per heavy atom. The van der Waals surface area contributed by atoms with Gasteiger partial charge in [0.15, 0.2) is 27.7 Å². The zero-order valence-corrected chi connectivity index (χ0v) is 14.6. The molecule has 126 valence electrons. The highest BCUT2D eigenvalue weighted by Crippen LogP contribution is 2.25. The fourth-order valence-corrected chi connectivity index (χ4v) is 2.49. The lowest BCUT2D eigenvalue weighted by molar-refractivity contribution is 0.0749. The molecule has 0 radical (unpaired) electrons. The Bertz CT molecular complexity index is 673. The van der Waals surface area contributed by atoms with Gasteiger partial charge in [0.25, 0.3) is 5.91 Å². The number of carboxylic acid groups (broad SMARTS) is 1. The van der Waals surface area contributed by atoms with Crippen molar-refractivity contribution in [3.8, 4) is 0 Å². The molecule has 0 spiro atoms. The van der Waals surface area contributed by atoms with Gasteiger partial charge < -0.3 is 16.6 Å². The Morgan fingerprint density at radius 2 is 1.83 bits per heavy atom. The van der Waals surface area contributed by atoms with Gasteiger partial charge in [-0.25, -0.2) is 14.8 Å². The predicted octanol–water partition coefficient (Wildman–Crippen LogP) is 1.93. The van der Waals surface area contributed by atoms with E-state index in [1.807, 2.05) is 0 Å². The van der Waals surface area contributed by atoms with Gasteiger partial charge in [0.05, 0.1) is 0 Å². The van der Waals surface area contributed by atoms with Crippen LogP contribution in [0.1, 0.15) is 31.3 Å². The minimum absolute atomic E-state index is 0.0239. The molecule has 0 aliphatic heterocycles. The van der Waals surface area contributed by atoms with Gasteiger partial charge in [0.2, 0.25) is 0 Å². The number of nitrogen functional groups attached to an aromatic ring is 2. The molecule has 1 aromatic heterocycles. The van der Waals surface area contributed by atoms with E-state index >= 15 is 0 Å². The minimum Gasteiger partial charge on any atom is -0.463 e. The first-order chi connectivity index (χ1) is 10.5. The fraction of sp³-hybridized carbons (Fsp3) is 0.417. The monoisotopic (exact) mass is 360 g/mol. The Labute approximate surface area is 142 Å². The SMILES string of the molecule is CSC(=NC(=O)O)N(C(=O)c1nc(Cl)c(N)nc1N)C(C)(C)C. The van der Waals surface area contributed by atoms with Crippen LogP contribution in [0.4, 0.5) is 16.4 Å². The maximum Gasteiger partial charge on any atom is 0.433 e. The van der Waals surface area contributed by atoms with Crippen LogP contribution in [0.3, 0.4) is 0 Å². The highest BCUT2D eigenvalue weighted by molar-refractivity contribution is 8.13. The number of aromatic nitrogens is 2. The molecule has 1 heterocycles. The summed E-state index contributed by atoms with van der Waals surface area (Å²) in [7, 11) is 0. The molecular formula is C12H17ClN6O3S. The number of carbonyl (C=O) groups is 2. The molecule has 0 saturated heterocycles. The molecule has 9 nitrogen and oxygen atoms in total. The summed E-state index contributed by atoms with van der Waals surface area (Å²) in [5.74, 6) is -0.993. The molecule has 0 bridgehead atoms. The molecule has 11 heteroatoms. The molecule has 0 atom stereocenters. The number of anilines is 2. The second kappa shape index (κ2) is 7.01. The average Bonchev–Trinajstić information content (AvgIpc) is 2.39. The lowest BCUT2D eigenvalue weighted by Crippen LogP contribution is -2.49. The predicted molar refractivity (Wildman–Crippen MR) is 90.8 cm³/mol. The maximum atomic E-state index is 12.8. The molecule has 0 aromatic carbocycles. The number of amidine groups is 1. The smallest absolute Gasteiger partial charge is 0.433 e. The third-order valence-electron chi connectivity index (χ3n) is 2.55. The number of nitrogens with zero attached hydrogens (tertiary/aromatic N) is 4. The van der Waals surface area contributed by atoms with Gasteiger partial charge in [-0.1, -0.05) is 23.4 Å². The van der Waals surface area contributed by atoms with Gasteiger partial charge in [-0.15, -0.1) is 0 Å². The number of carbonyl (C=O) groups excluding carboxylic acids is 1. The number of hydrogen-bond donors (Lipinski definition) is 3. The van der Waals surface area contributed by atoms with Crippen molar-refractivity contribution in [2.75, 3.05) is 17.7 Å². The molecule has 0 aliphatic carbocycles. The number of hydrogen-bond acceptors (Lipinski definition) is 7.